The quantitative estimate of drug-likeness (QED) is 0.470. The minimum atomic E-state index is -4.53. The van der Waals surface area contributed by atoms with Crippen LogP contribution in [0.1, 0.15) is 39.5 Å². The lowest BCUT2D eigenvalue weighted by molar-refractivity contribution is -0.124. The van der Waals surface area contributed by atoms with Crippen LogP contribution in [0, 0.1) is 0 Å². The Balaban J connectivity index is 1.94. The van der Waals surface area contributed by atoms with Gasteiger partial charge in [-0.1, -0.05) is 0 Å². The highest BCUT2D eigenvalue weighted by Crippen LogP contribution is 2.44. The largest absolute Gasteiger partial charge is 0.449 e. The zero-order valence-electron chi connectivity index (χ0n) is 13.1. The Morgan fingerprint density at radius 2 is 2.09 bits per heavy atom. The van der Waals surface area contributed by atoms with E-state index in [2.05, 4.69) is 15.6 Å². The van der Waals surface area contributed by atoms with Crippen LogP contribution in [0.5, 0.6) is 0 Å². The minimum Gasteiger partial charge on any atom is -0.336 e. The third-order valence-electron chi connectivity index (χ3n) is 4.39. The summed E-state index contributed by atoms with van der Waals surface area (Å²) < 4.78 is 38.9. The Bertz CT molecular complexity index is 459. The third kappa shape index (κ3) is 3.71. The van der Waals surface area contributed by atoms with Crippen molar-refractivity contribution in [2.45, 2.75) is 63.5 Å². The fourth-order valence-corrected chi connectivity index (χ4v) is 2.81. The second-order valence-corrected chi connectivity index (χ2v) is 6.11. The first kappa shape index (κ1) is 17.1. The van der Waals surface area contributed by atoms with E-state index in [0.29, 0.717) is 0 Å². The fourth-order valence-electron chi connectivity index (χ4n) is 2.81. The van der Waals surface area contributed by atoms with Gasteiger partial charge in [-0.2, -0.15) is 13.2 Å². The molecule has 2 fully saturated rings. The second-order valence-electron chi connectivity index (χ2n) is 6.11. The van der Waals surface area contributed by atoms with Gasteiger partial charge in [-0.15, -0.1) is 0 Å². The summed E-state index contributed by atoms with van der Waals surface area (Å²) in [4.78, 5) is 16.7. The molecule has 1 saturated heterocycles. The lowest BCUT2D eigenvalue weighted by Crippen LogP contribution is -2.54. The average molecular weight is 320 g/mol. The summed E-state index contributed by atoms with van der Waals surface area (Å²) in [6.45, 7) is 3.10. The van der Waals surface area contributed by atoms with Gasteiger partial charge in [0.2, 0.25) is 11.7 Å². The molecule has 2 aliphatic rings. The van der Waals surface area contributed by atoms with Crippen molar-refractivity contribution in [1.29, 1.82) is 0 Å². The van der Waals surface area contributed by atoms with Crippen LogP contribution in [0.4, 0.5) is 13.2 Å². The van der Waals surface area contributed by atoms with Crippen LogP contribution < -0.4 is 10.6 Å². The van der Waals surface area contributed by atoms with Gasteiger partial charge in [0.05, 0.1) is 12.2 Å². The molecule has 8 heteroatoms. The standard InChI is InChI=1S/C14H23F3N4O/c1-4-18-12(14(15,16)17)21(3)9(2)19-11(22)10-5-6-13(20-10)7-8-13/h9-10,20H,4-8H2,1-3H3,(H,19,22)/b18-12-/t9?,10-/m0/s1. The highest BCUT2D eigenvalue weighted by Gasteiger charge is 2.49. The van der Waals surface area contributed by atoms with Gasteiger partial charge in [0.15, 0.2) is 0 Å². The zero-order chi connectivity index (χ0) is 16.5. The Morgan fingerprint density at radius 3 is 2.55 bits per heavy atom. The van der Waals surface area contributed by atoms with E-state index in [1.54, 1.807) is 6.92 Å². The number of aliphatic imine (C=N–C) groups is 1. The van der Waals surface area contributed by atoms with E-state index in [1.165, 1.54) is 14.0 Å². The van der Waals surface area contributed by atoms with Gasteiger partial charge >= 0.3 is 6.18 Å². The molecule has 1 spiro atoms. The van der Waals surface area contributed by atoms with Crippen LogP contribution in [0.15, 0.2) is 4.99 Å². The lowest BCUT2D eigenvalue weighted by atomic mass is 10.1. The molecule has 1 aliphatic carbocycles. The summed E-state index contributed by atoms with van der Waals surface area (Å²) in [6.07, 6.45) is -1.47. The Hall–Kier alpha value is -1.31. The maximum Gasteiger partial charge on any atom is 0.449 e. The van der Waals surface area contributed by atoms with Crippen molar-refractivity contribution in [2.24, 2.45) is 4.99 Å². The van der Waals surface area contributed by atoms with Crippen molar-refractivity contribution >= 4 is 11.7 Å². The maximum atomic E-state index is 13.0. The van der Waals surface area contributed by atoms with E-state index in [4.69, 9.17) is 0 Å². The molecule has 1 saturated carbocycles. The molecule has 1 amide bonds. The van der Waals surface area contributed by atoms with Gasteiger partial charge in [0.25, 0.3) is 0 Å². The van der Waals surface area contributed by atoms with Crippen LogP contribution >= 0.6 is 0 Å². The molecule has 1 aliphatic heterocycles. The van der Waals surface area contributed by atoms with E-state index < -0.39 is 18.2 Å². The molecule has 126 valence electrons. The van der Waals surface area contributed by atoms with Gasteiger partial charge in [-0.25, -0.2) is 0 Å². The van der Waals surface area contributed by atoms with E-state index >= 15 is 0 Å². The predicted octanol–water partition coefficient (Wildman–Crippen LogP) is 1.65. The van der Waals surface area contributed by atoms with Gasteiger partial charge in [0.1, 0.15) is 0 Å². The zero-order valence-corrected chi connectivity index (χ0v) is 13.1. The van der Waals surface area contributed by atoms with Gasteiger partial charge in [-0.05, 0) is 39.5 Å². The first-order valence-corrected chi connectivity index (χ1v) is 7.61. The number of carbonyl (C=O) groups excluding carboxylic acids is 1. The smallest absolute Gasteiger partial charge is 0.336 e. The molecule has 2 N–H and O–H groups in total. The molecule has 2 rings (SSSR count). The van der Waals surface area contributed by atoms with E-state index in [9.17, 15) is 18.0 Å². The molecule has 0 aromatic carbocycles. The van der Waals surface area contributed by atoms with Crippen molar-refractivity contribution in [3.05, 3.63) is 0 Å². The Kier molecular flexibility index (Phi) is 4.70. The summed E-state index contributed by atoms with van der Waals surface area (Å²) in [5.74, 6) is -1.22. The highest BCUT2D eigenvalue weighted by atomic mass is 19.4. The molecule has 5 nitrogen and oxygen atoms in total. The monoisotopic (exact) mass is 320 g/mol. The van der Waals surface area contributed by atoms with E-state index in [1.807, 2.05) is 0 Å². The molecule has 0 aromatic heterocycles. The molecular weight excluding hydrogens is 297 g/mol. The number of amides is 1. The number of hydrogen-bond acceptors (Lipinski definition) is 3. The van der Waals surface area contributed by atoms with Crippen molar-refractivity contribution in [3.63, 3.8) is 0 Å². The molecular formula is C14H23F3N4O. The average Bonchev–Trinajstić information content (AvgIpc) is 3.03. The molecule has 2 atom stereocenters. The molecule has 1 unspecified atom stereocenters. The lowest BCUT2D eigenvalue weighted by Gasteiger charge is -2.30. The van der Waals surface area contributed by atoms with Crippen LogP contribution in [-0.4, -0.2) is 54.2 Å². The number of halogens is 3. The predicted molar refractivity (Wildman–Crippen MR) is 77.5 cm³/mol. The summed E-state index contributed by atoms with van der Waals surface area (Å²) in [5, 5.41) is 5.93. The van der Waals surface area contributed by atoms with Gasteiger partial charge < -0.3 is 15.5 Å². The van der Waals surface area contributed by atoms with Crippen LogP contribution in [-0.2, 0) is 4.79 Å². The van der Waals surface area contributed by atoms with Crippen molar-refractivity contribution < 1.29 is 18.0 Å². The minimum absolute atomic E-state index is 0.0343. The molecule has 22 heavy (non-hydrogen) atoms. The summed E-state index contributed by atoms with van der Waals surface area (Å²) in [6, 6.07) is -0.309. The van der Waals surface area contributed by atoms with Crippen LogP contribution in [0.25, 0.3) is 0 Å². The number of amidine groups is 1. The van der Waals surface area contributed by atoms with E-state index in [0.717, 1.165) is 30.6 Å². The molecule has 1 heterocycles. The first-order chi connectivity index (χ1) is 10.2. The van der Waals surface area contributed by atoms with Crippen molar-refractivity contribution in [3.8, 4) is 0 Å². The summed E-state index contributed by atoms with van der Waals surface area (Å²) in [7, 11) is 1.29. The second kappa shape index (κ2) is 6.06. The Morgan fingerprint density at radius 1 is 1.45 bits per heavy atom. The SMILES string of the molecule is CC/N=C(\N(C)C(C)NC(=O)[C@@H]1CCC2(CC2)N1)C(F)(F)F. The Labute approximate surface area is 128 Å². The fraction of sp³-hybridized carbons (Fsp3) is 0.857. The maximum absolute atomic E-state index is 13.0. The number of hydrogen-bond donors (Lipinski definition) is 2. The van der Waals surface area contributed by atoms with Gasteiger partial charge in [-0.3, -0.25) is 9.79 Å². The van der Waals surface area contributed by atoms with Crippen LogP contribution in [0.2, 0.25) is 0 Å². The highest BCUT2D eigenvalue weighted by molar-refractivity contribution is 5.88. The molecule has 0 aromatic rings. The molecule has 0 bridgehead atoms. The number of carbonyl (C=O) groups is 1. The topological polar surface area (TPSA) is 56.7 Å². The van der Waals surface area contributed by atoms with Gasteiger partial charge in [0, 0.05) is 19.1 Å². The number of rotatable bonds is 4. The van der Waals surface area contributed by atoms with E-state index in [-0.39, 0.29) is 24.0 Å². The summed E-state index contributed by atoms with van der Waals surface area (Å²) >= 11 is 0. The number of alkyl halides is 3. The summed E-state index contributed by atoms with van der Waals surface area (Å²) in [5.41, 5.74) is 0.123. The third-order valence-corrected chi connectivity index (χ3v) is 4.39. The first-order valence-electron chi connectivity index (χ1n) is 7.61. The van der Waals surface area contributed by atoms with Crippen molar-refractivity contribution in [2.75, 3.05) is 13.6 Å². The number of nitrogens with zero attached hydrogens (tertiary/aromatic N) is 2. The number of nitrogens with one attached hydrogen (secondary N) is 2. The normalized spacial score (nSPS) is 25.2. The van der Waals surface area contributed by atoms with Crippen molar-refractivity contribution in [1.82, 2.24) is 15.5 Å². The molecule has 0 radical (unpaired) electrons. The van der Waals surface area contributed by atoms with Crippen LogP contribution in [0.3, 0.4) is 0 Å².